The van der Waals surface area contributed by atoms with Gasteiger partial charge in [-0.15, -0.1) is 11.8 Å². The third-order valence-electron chi connectivity index (χ3n) is 4.82. The van der Waals surface area contributed by atoms with Crippen molar-refractivity contribution < 1.29 is 27.8 Å². The minimum absolute atomic E-state index is 0.0296. The second kappa shape index (κ2) is 8.14. The molecule has 0 aromatic heterocycles. The van der Waals surface area contributed by atoms with Crippen LogP contribution in [0.5, 0.6) is 0 Å². The Morgan fingerprint density at radius 3 is 2.34 bits per heavy atom. The lowest BCUT2D eigenvalue weighted by molar-refractivity contribution is -0.143. The number of alkyl halides is 3. The first-order chi connectivity index (χ1) is 13.6. The number of aryl methyl sites for hydroxylation is 2. The van der Waals surface area contributed by atoms with Crippen molar-refractivity contribution in [2.75, 3.05) is 0 Å². The number of thioether (sulfide) groups is 1. The fourth-order valence-electron chi connectivity index (χ4n) is 3.28. The minimum Gasteiger partial charge on any atom is -0.511 e. The minimum atomic E-state index is -4.38. The van der Waals surface area contributed by atoms with E-state index in [-0.39, 0.29) is 23.0 Å². The average molecular weight is 422 g/mol. The van der Waals surface area contributed by atoms with Crippen LogP contribution in [-0.2, 0) is 15.7 Å². The van der Waals surface area contributed by atoms with Crippen LogP contribution in [0.1, 0.15) is 35.6 Å². The van der Waals surface area contributed by atoms with Crippen molar-refractivity contribution in [2.45, 2.75) is 49.6 Å². The number of carbonyl (C=O) groups is 1. The predicted octanol–water partition coefficient (Wildman–Crippen LogP) is 6.09. The Balaban J connectivity index is 1.75. The van der Waals surface area contributed by atoms with E-state index in [2.05, 4.69) is 0 Å². The van der Waals surface area contributed by atoms with Gasteiger partial charge in [-0.3, -0.25) is 0 Å². The lowest BCUT2D eigenvalue weighted by Crippen LogP contribution is -2.32. The molecule has 2 unspecified atom stereocenters. The molecule has 154 valence electrons. The van der Waals surface area contributed by atoms with E-state index >= 15 is 0 Å². The molecule has 2 atom stereocenters. The Kier molecular flexibility index (Phi) is 5.98. The van der Waals surface area contributed by atoms with Crippen LogP contribution in [0.25, 0.3) is 5.57 Å². The highest BCUT2D eigenvalue weighted by molar-refractivity contribution is 8.00. The summed E-state index contributed by atoms with van der Waals surface area (Å²) in [4.78, 5) is 13.2. The van der Waals surface area contributed by atoms with Crippen LogP contribution in [0.15, 0.2) is 53.1 Å². The highest BCUT2D eigenvalue weighted by Gasteiger charge is 2.34. The normalized spacial score (nSPS) is 18.6. The van der Waals surface area contributed by atoms with Crippen LogP contribution in [0.4, 0.5) is 13.2 Å². The number of aliphatic hydroxyl groups is 1. The zero-order chi connectivity index (χ0) is 21.3. The molecule has 0 saturated heterocycles. The molecule has 0 fully saturated rings. The summed E-state index contributed by atoms with van der Waals surface area (Å²) in [5.74, 6) is -0.622. The predicted molar refractivity (Wildman–Crippen MR) is 107 cm³/mol. The molecular formula is C22H21F3O3S. The van der Waals surface area contributed by atoms with Gasteiger partial charge in [-0.25, -0.2) is 4.79 Å². The van der Waals surface area contributed by atoms with Crippen molar-refractivity contribution in [3.8, 4) is 0 Å². The number of cyclic esters (lactones) is 1. The summed E-state index contributed by atoms with van der Waals surface area (Å²) in [6, 6.07) is 10.4. The van der Waals surface area contributed by atoms with Gasteiger partial charge >= 0.3 is 12.1 Å². The third-order valence-corrected chi connectivity index (χ3v) is 6.04. The molecule has 2 aromatic rings. The number of ether oxygens (including phenoxy) is 1. The highest BCUT2D eigenvalue weighted by atomic mass is 32.2. The molecule has 0 aliphatic carbocycles. The van der Waals surface area contributed by atoms with Gasteiger partial charge in [0.25, 0.3) is 0 Å². The average Bonchev–Trinajstić information content (AvgIpc) is 2.62. The SMILES string of the molecule is Cc1ccc(C2=C(O)CC(C(C)Sc3ccc(C(F)(F)F)cc3)OC2=O)c(C)c1. The van der Waals surface area contributed by atoms with Gasteiger partial charge in [-0.1, -0.05) is 23.8 Å². The summed E-state index contributed by atoms with van der Waals surface area (Å²) in [6.45, 7) is 5.63. The zero-order valence-electron chi connectivity index (χ0n) is 16.2. The maximum absolute atomic E-state index is 12.7. The van der Waals surface area contributed by atoms with E-state index in [1.807, 2.05) is 32.9 Å². The lowest BCUT2D eigenvalue weighted by atomic mass is 9.94. The number of hydrogen-bond donors (Lipinski definition) is 1. The monoisotopic (exact) mass is 422 g/mol. The second-order valence-electron chi connectivity index (χ2n) is 7.13. The van der Waals surface area contributed by atoms with E-state index in [1.165, 1.54) is 23.9 Å². The van der Waals surface area contributed by atoms with E-state index in [0.29, 0.717) is 10.5 Å². The zero-order valence-corrected chi connectivity index (χ0v) is 17.0. The summed E-state index contributed by atoms with van der Waals surface area (Å²) in [6.07, 6.45) is -4.80. The molecular weight excluding hydrogens is 401 g/mol. The Hall–Kier alpha value is -2.41. The fraction of sp³-hybridized carbons (Fsp3) is 0.318. The van der Waals surface area contributed by atoms with Gasteiger partial charge in [0.2, 0.25) is 0 Å². The second-order valence-corrected chi connectivity index (χ2v) is 8.58. The molecule has 0 amide bonds. The standard InChI is InChI=1S/C22H21F3O3S/c1-12-4-9-17(13(2)10-12)20-18(26)11-19(28-21(20)27)14(3)29-16-7-5-15(6-8-16)22(23,24)25/h4-10,14,19,26H,11H2,1-3H3. The van der Waals surface area contributed by atoms with Crippen molar-refractivity contribution in [1.82, 2.24) is 0 Å². The van der Waals surface area contributed by atoms with Crippen molar-refractivity contribution in [3.63, 3.8) is 0 Å². The van der Waals surface area contributed by atoms with Crippen LogP contribution in [-0.4, -0.2) is 22.4 Å². The van der Waals surface area contributed by atoms with Crippen molar-refractivity contribution in [3.05, 3.63) is 70.5 Å². The third kappa shape index (κ3) is 4.78. The molecule has 1 heterocycles. The molecule has 3 nitrogen and oxygen atoms in total. The molecule has 1 N–H and O–H groups in total. The molecule has 3 rings (SSSR count). The highest BCUT2D eigenvalue weighted by Crippen LogP contribution is 2.37. The van der Waals surface area contributed by atoms with Crippen LogP contribution in [0, 0.1) is 13.8 Å². The molecule has 0 radical (unpaired) electrons. The number of benzene rings is 2. The van der Waals surface area contributed by atoms with Gasteiger partial charge in [-0.05, 0) is 56.2 Å². The van der Waals surface area contributed by atoms with Crippen molar-refractivity contribution >= 4 is 23.3 Å². The maximum atomic E-state index is 12.7. The van der Waals surface area contributed by atoms with E-state index in [9.17, 15) is 23.1 Å². The molecule has 7 heteroatoms. The molecule has 0 spiro atoms. The summed E-state index contributed by atoms with van der Waals surface area (Å²) in [5, 5.41) is 10.3. The summed E-state index contributed by atoms with van der Waals surface area (Å²) in [7, 11) is 0. The number of carbonyl (C=O) groups excluding carboxylic acids is 1. The number of esters is 1. The van der Waals surface area contributed by atoms with E-state index in [1.54, 1.807) is 6.07 Å². The first-order valence-corrected chi connectivity index (χ1v) is 9.99. The van der Waals surface area contributed by atoms with Gasteiger partial charge in [-0.2, -0.15) is 13.2 Å². The number of hydrogen-bond acceptors (Lipinski definition) is 4. The summed E-state index contributed by atoms with van der Waals surface area (Å²) < 4.78 is 43.6. The summed E-state index contributed by atoms with van der Waals surface area (Å²) in [5.41, 5.74) is 2.02. The lowest BCUT2D eigenvalue weighted by Gasteiger charge is -2.29. The maximum Gasteiger partial charge on any atom is 0.416 e. The summed E-state index contributed by atoms with van der Waals surface area (Å²) >= 11 is 1.30. The fourth-order valence-corrected chi connectivity index (χ4v) is 4.31. The van der Waals surface area contributed by atoms with Gasteiger partial charge in [0.15, 0.2) is 0 Å². The van der Waals surface area contributed by atoms with E-state index in [0.717, 1.165) is 23.3 Å². The van der Waals surface area contributed by atoms with Crippen molar-refractivity contribution in [2.24, 2.45) is 0 Å². The van der Waals surface area contributed by atoms with Crippen LogP contribution < -0.4 is 0 Å². The van der Waals surface area contributed by atoms with Crippen LogP contribution in [0.2, 0.25) is 0 Å². The Labute approximate surface area is 171 Å². The Morgan fingerprint density at radius 2 is 1.79 bits per heavy atom. The number of rotatable bonds is 4. The molecule has 0 saturated carbocycles. The van der Waals surface area contributed by atoms with Crippen LogP contribution >= 0.6 is 11.8 Å². The number of halogens is 3. The molecule has 2 aromatic carbocycles. The van der Waals surface area contributed by atoms with E-state index in [4.69, 9.17) is 4.74 Å². The molecule has 29 heavy (non-hydrogen) atoms. The quantitative estimate of drug-likeness (QED) is 0.479. The van der Waals surface area contributed by atoms with Crippen LogP contribution in [0.3, 0.4) is 0 Å². The topological polar surface area (TPSA) is 46.5 Å². The Bertz CT molecular complexity index is 949. The first-order valence-electron chi connectivity index (χ1n) is 9.11. The Morgan fingerprint density at radius 1 is 1.14 bits per heavy atom. The van der Waals surface area contributed by atoms with Gasteiger partial charge < -0.3 is 9.84 Å². The van der Waals surface area contributed by atoms with Gasteiger partial charge in [0, 0.05) is 16.6 Å². The van der Waals surface area contributed by atoms with Gasteiger partial charge in [0.1, 0.15) is 17.4 Å². The van der Waals surface area contributed by atoms with Crippen molar-refractivity contribution in [1.29, 1.82) is 0 Å². The van der Waals surface area contributed by atoms with Gasteiger partial charge in [0.05, 0.1) is 5.56 Å². The molecule has 0 bridgehead atoms. The van der Waals surface area contributed by atoms with E-state index < -0.39 is 23.8 Å². The smallest absolute Gasteiger partial charge is 0.416 e. The molecule has 1 aliphatic heterocycles. The first kappa shape index (κ1) is 21.3. The largest absolute Gasteiger partial charge is 0.511 e. The number of aliphatic hydroxyl groups excluding tert-OH is 1. The molecule has 1 aliphatic rings.